The lowest BCUT2D eigenvalue weighted by Gasteiger charge is -2.07. The van der Waals surface area contributed by atoms with Gasteiger partial charge < -0.3 is 5.32 Å². The molecule has 1 amide bonds. The summed E-state index contributed by atoms with van der Waals surface area (Å²) in [6.07, 6.45) is 15.6. The fraction of sp³-hybridized carbons (Fsp3) is 0.450. The standard InChI is InChI=1S/C20H23Cl2NO/c21-14-11-12-18(17(22)13-14)23-20(24)19-15-9-7-5-3-1-2-4-6-8-10-16(15)19/h3-6,11-13,15-16,19H,1-2,7-10H2,(H,23,24)/t15-,16+,19?. The Hall–Kier alpha value is -1.25. The Morgan fingerprint density at radius 2 is 1.50 bits per heavy atom. The van der Waals surface area contributed by atoms with Crippen molar-refractivity contribution in [3.63, 3.8) is 0 Å². The number of benzene rings is 1. The van der Waals surface area contributed by atoms with E-state index in [2.05, 4.69) is 29.6 Å². The monoisotopic (exact) mass is 363 g/mol. The summed E-state index contributed by atoms with van der Waals surface area (Å²) in [4.78, 5) is 12.7. The number of fused-ring (bicyclic) bond motifs is 1. The van der Waals surface area contributed by atoms with E-state index in [4.69, 9.17) is 23.2 Å². The summed E-state index contributed by atoms with van der Waals surface area (Å²) in [5.41, 5.74) is 0.646. The van der Waals surface area contributed by atoms with E-state index in [1.165, 1.54) is 0 Å². The predicted octanol–water partition coefficient (Wildman–Crippen LogP) is 6.26. The third-order valence-electron chi connectivity index (χ3n) is 4.99. The second-order valence-corrected chi connectivity index (χ2v) is 7.49. The second-order valence-electron chi connectivity index (χ2n) is 6.64. The van der Waals surface area contributed by atoms with E-state index < -0.39 is 0 Å². The number of amides is 1. The SMILES string of the molecule is O=C(Nc1ccc(Cl)cc1Cl)C1[C@H]2CCC=CCCC=CCC[C@@H]12. The smallest absolute Gasteiger partial charge is 0.228 e. The molecule has 0 bridgehead atoms. The van der Waals surface area contributed by atoms with Gasteiger partial charge in [-0.1, -0.05) is 47.5 Å². The second kappa shape index (κ2) is 8.22. The summed E-state index contributed by atoms with van der Waals surface area (Å²) in [6.45, 7) is 0. The van der Waals surface area contributed by atoms with Crippen molar-refractivity contribution in [2.45, 2.75) is 38.5 Å². The topological polar surface area (TPSA) is 29.1 Å². The number of nitrogens with one attached hydrogen (secondary N) is 1. The van der Waals surface area contributed by atoms with Gasteiger partial charge in [-0.25, -0.2) is 0 Å². The van der Waals surface area contributed by atoms with Gasteiger partial charge in [0.25, 0.3) is 0 Å². The van der Waals surface area contributed by atoms with Crippen molar-refractivity contribution < 1.29 is 4.79 Å². The molecule has 0 saturated heterocycles. The van der Waals surface area contributed by atoms with Crippen molar-refractivity contribution in [3.05, 3.63) is 52.5 Å². The van der Waals surface area contributed by atoms with Crippen LogP contribution >= 0.6 is 23.2 Å². The minimum absolute atomic E-state index is 0.0945. The molecule has 24 heavy (non-hydrogen) atoms. The van der Waals surface area contributed by atoms with Crippen molar-refractivity contribution >= 4 is 34.8 Å². The van der Waals surface area contributed by atoms with Gasteiger partial charge in [0.15, 0.2) is 0 Å². The maximum atomic E-state index is 12.7. The van der Waals surface area contributed by atoms with E-state index in [0.29, 0.717) is 27.6 Å². The lowest BCUT2D eigenvalue weighted by atomic mass is 10.1. The van der Waals surface area contributed by atoms with Crippen molar-refractivity contribution in [3.8, 4) is 0 Å². The number of rotatable bonds is 2. The molecule has 2 aliphatic carbocycles. The van der Waals surface area contributed by atoms with Crippen LogP contribution in [-0.4, -0.2) is 5.91 Å². The highest BCUT2D eigenvalue weighted by atomic mass is 35.5. The predicted molar refractivity (Wildman–Crippen MR) is 102 cm³/mol. The molecule has 1 aromatic carbocycles. The van der Waals surface area contributed by atoms with Gasteiger partial charge in [-0.05, 0) is 68.6 Å². The number of carbonyl (C=O) groups excluding carboxylic acids is 1. The Morgan fingerprint density at radius 1 is 0.917 bits per heavy atom. The van der Waals surface area contributed by atoms with Crippen LogP contribution in [-0.2, 0) is 4.79 Å². The van der Waals surface area contributed by atoms with E-state index >= 15 is 0 Å². The minimum Gasteiger partial charge on any atom is -0.325 e. The van der Waals surface area contributed by atoms with Crippen LogP contribution in [0.1, 0.15) is 38.5 Å². The first-order chi connectivity index (χ1) is 11.7. The van der Waals surface area contributed by atoms with Crippen LogP contribution in [0.2, 0.25) is 10.0 Å². The molecule has 0 spiro atoms. The lowest BCUT2D eigenvalue weighted by molar-refractivity contribution is -0.117. The summed E-state index contributed by atoms with van der Waals surface area (Å²) in [5.74, 6) is 1.19. The van der Waals surface area contributed by atoms with Crippen molar-refractivity contribution in [2.75, 3.05) is 5.32 Å². The van der Waals surface area contributed by atoms with Crippen LogP contribution in [0.3, 0.4) is 0 Å². The quantitative estimate of drug-likeness (QED) is 0.617. The number of halogens is 2. The molecule has 0 heterocycles. The molecule has 0 aliphatic heterocycles. The zero-order valence-electron chi connectivity index (χ0n) is 13.7. The molecule has 0 aromatic heterocycles. The number of allylic oxidation sites excluding steroid dienone is 4. The van der Waals surface area contributed by atoms with Gasteiger partial charge in [0.05, 0.1) is 10.7 Å². The third kappa shape index (κ3) is 4.43. The molecule has 2 aliphatic rings. The molecule has 1 aromatic rings. The first-order valence-electron chi connectivity index (χ1n) is 8.72. The van der Waals surface area contributed by atoms with E-state index in [1.54, 1.807) is 18.2 Å². The van der Waals surface area contributed by atoms with Crippen molar-refractivity contribution in [1.29, 1.82) is 0 Å². The Kier molecular flexibility index (Phi) is 6.02. The number of carbonyl (C=O) groups is 1. The molecule has 1 N–H and O–H groups in total. The highest BCUT2D eigenvalue weighted by molar-refractivity contribution is 6.36. The zero-order chi connectivity index (χ0) is 16.9. The van der Waals surface area contributed by atoms with Crippen LogP contribution in [0, 0.1) is 17.8 Å². The normalized spacial score (nSPS) is 26.8. The average Bonchev–Trinajstić information content (AvgIpc) is 3.22. The Bertz CT molecular complexity index is 629. The number of hydrogen-bond donors (Lipinski definition) is 1. The first-order valence-corrected chi connectivity index (χ1v) is 9.48. The maximum absolute atomic E-state index is 12.7. The molecule has 2 nitrogen and oxygen atoms in total. The summed E-state index contributed by atoms with van der Waals surface area (Å²) in [5, 5.41) is 4.05. The van der Waals surface area contributed by atoms with Crippen molar-refractivity contribution in [2.24, 2.45) is 17.8 Å². The van der Waals surface area contributed by atoms with E-state index in [0.717, 1.165) is 38.5 Å². The number of anilines is 1. The Balaban J connectivity index is 1.64. The molecular weight excluding hydrogens is 341 g/mol. The summed E-state index contributed by atoms with van der Waals surface area (Å²) >= 11 is 12.1. The van der Waals surface area contributed by atoms with Gasteiger partial charge in [-0.3, -0.25) is 4.79 Å². The Labute approximate surface area is 153 Å². The van der Waals surface area contributed by atoms with E-state index in [9.17, 15) is 4.79 Å². The zero-order valence-corrected chi connectivity index (χ0v) is 15.2. The van der Waals surface area contributed by atoms with Gasteiger partial charge in [0.1, 0.15) is 0 Å². The number of hydrogen-bond acceptors (Lipinski definition) is 1. The lowest BCUT2D eigenvalue weighted by Crippen LogP contribution is -2.16. The molecule has 1 saturated carbocycles. The average molecular weight is 364 g/mol. The molecule has 1 unspecified atom stereocenters. The summed E-state index contributed by atoms with van der Waals surface area (Å²) < 4.78 is 0. The molecule has 0 radical (unpaired) electrons. The van der Waals surface area contributed by atoms with Crippen LogP contribution in [0.15, 0.2) is 42.5 Å². The molecule has 128 valence electrons. The molecule has 1 fully saturated rings. The van der Waals surface area contributed by atoms with Gasteiger partial charge in [0, 0.05) is 10.9 Å². The largest absolute Gasteiger partial charge is 0.325 e. The summed E-state index contributed by atoms with van der Waals surface area (Å²) in [7, 11) is 0. The van der Waals surface area contributed by atoms with Crippen molar-refractivity contribution in [1.82, 2.24) is 0 Å². The summed E-state index contributed by atoms with van der Waals surface area (Å²) in [6, 6.07) is 5.17. The van der Waals surface area contributed by atoms with Gasteiger partial charge in [0.2, 0.25) is 5.91 Å². The van der Waals surface area contributed by atoms with Crippen LogP contribution in [0.25, 0.3) is 0 Å². The minimum atomic E-state index is 0.0945. The van der Waals surface area contributed by atoms with Crippen LogP contribution < -0.4 is 5.32 Å². The van der Waals surface area contributed by atoms with E-state index in [-0.39, 0.29) is 11.8 Å². The highest BCUT2D eigenvalue weighted by Gasteiger charge is 2.52. The first kappa shape index (κ1) is 17.6. The molecular formula is C20H23Cl2NO. The van der Waals surface area contributed by atoms with Gasteiger partial charge in [-0.15, -0.1) is 0 Å². The van der Waals surface area contributed by atoms with Crippen LogP contribution in [0.4, 0.5) is 5.69 Å². The highest BCUT2D eigenvalue weighted by Crippen LogP contribution is 2.52. The molecule has 3 rings (SSSR count). The van der Waals surface area contributed by atoms with Gasteiger partial charge >= 0.3 is 0 Å². The fourth-order valence-electron chi connectivity index (χ4n) is 3.67. The van der Waals surface area contributed by atoms with E-state index in [1.807, 2.05) is 0 Å². The molecule has 3 atom stereocenters. The maximum Gasteiger partial charge on any atom is 0.228 e. The van der Waals surface area contributed by atoms with Gasteiger partial charge in [-0.2, -0.15) is 0 Å². The Morgan fingerprint density at radius 3 is 2.08 bits per heavy atom. The fourth-order valence-corrected chi connectivity index (χ4v) is 4.12. The van der Waals surface area contributed by atoms with Crippen LogP contribution in [0.5, 0.6) is 0 Å². The third-order valence-corrected chi connectivity index (χ3v) is 5.54. The molecule has 4 heteroatoms.